The summed E-state index contributed by atoms with van der Waals surface area (Å²) in [5, 5.41) is 3.12. The summed E-state index contributed by atoms with van der Waals surface area (Å²) in [5.41, 5.74) is 0.00378. The Hall–Kier alpha value is -1.85. The van der Waals surface area contributed by atoms with Gasteiger partial charge in [0.05, 0.1) is 12.6 Å². The first-order valence-corrected chi connectivity index (χ1v) is 12.7. The van der Waals surface area contributed by atoms with Crippen LogP contribution in [-0.4, -0.2) is 48.4 Å². The van der Waals surface area contributed by atoms with Gasteiger partial charge in [-0.15, -0.1) is 0 Å². The first-order chi connectivity index (χ1) is 15.3. The van der Waals surface area contributed by atoms with E-state index >= 15 is 0 Å². The number of nitrogens with one attached hydrogen (secondary N) is 1. The second-order valence-electron chi connectivity index (χ2n) is 10.2. The van der Waals surface area contributed by atoms with Crippen LogP contribution in [0.15, 0.2) is 11.6 Å². The molecule has 0 rings (SSSR count). The van der Waals surface area contributed by atoms with Crippen LogP contribution in [0.25, 0.3) is 0 Å². The van der Waals surface area contributed by atoms with Gasteiger partial charge < -0.3 is 15.0 Å². The Morgan fingerprint density at radius 1 is 0.970 bits per heavy atom. The van der Waals surface area contributed by atoms with Gasteiger partial charge in [-0.1, -0.05) is 67.9 Å². The third-order valence-electron chi connectivity index (χ3n) is 6.99. The van der Waals surface area contributed by atoms with Gasteiger partial charge in [-0.25, -0.2) is 4.79 Å². The second-order valence-corrected chi connectivity index (χ2v) is 10.2. The standard InChI is InChI=1S/C27H50N2O4/c1-12-20(9)17-27(13-2,14-3)26(32)28-23(19(7)8)24(30)29(11)22(18(5)6)16-21(10)25(31)33-15-4/h16,18-20,22-23H,12-15,17H2,1-11H3,(H,28,32)/b21-16+/t20?,22-,23+/m1/s1. The van der Waals surface area contributed by atoms with Crippen LogP contribution in [0.5, 0.6) is 0 Å². The van der Waals surface area contributed by atoms with E-state index in [1.807, 2.05) is 27.7 Å². The molecule has 6 nitrogen and oxygen atoms in total. The molecule has 0 aromatic heterocycles. The number of esters is 1. The van der Waals surface area contributed by atoms with Crippen molar-refractivity contribution in [2.75, 3.05) is 13.7 Å². The van der Waals surface area contributed by atoms with E-state index < -0.39 is 11.5 Å². The average Bonchev–Trinajstić information content (AvgIpc) is 2.77. The molecule has 0 aliphatic carbocycles. The van der Waals surface area contributed by atoms with Crippen LogP contribution in [0, 0.1) is 23.2 Å². The second kappa shape index (κ2) is 14.4. The SMILES string of the molecule is CCOC(=O)/C(C)=C/[C@H](C(C)C)N(C)C(=O)[C@@H](NC(=O)C(CC)(CC)CC(C)CC)C(C)C. The Labute approximate surface area is 202 Å². The van der Waals surface area contributed by atoms with Gasteiger partial charge in [0.15, 0.2) is 0 Å². The number of amides is 2. The van der Waals surface area contributed by atoms with Crippen LogP contribution < -0.4 is 5.32 Å². The smallest absolute Gasteiger partial charge is 0.333 e. The van der Waals surface area contributed by atoms with E-state index in [-0.39, 0.29) is 35.7 Å². The molecule has 0 aromatic rings. The number of hydrogen-bond acceptors (Lipinski definition) is 4. The molecule has 3 atom stereocenters. The lowest BCUT2D eigenvalue weighted by atomic mass is 9.73. The first-order valence-electron chi connectivity index (χ1n) is 12.7. The molecule has 0 radical (unpaired) electrons. The molecular formula is C27H50N2O4. The molecule has 1 N–H and O–H groups in total. The van der Waals surface area contributed by atoms with Crippen molar-refractivity contribution in [2.24, 2.45) is 23.2 Å². The van der Waals surface area contributed by atoms with Crippen LogP contribution in [-0.2, 0) is 19.1 Å². The summed E-state index contributed by atoms with van der Waals surface area (Å²) in [6.07, 6.45) is 5.11. The lowest BCUT2D eigenvalue weighted by molar-refractivity contribution is -0.142. The number of ether oxygens (including phenoxy) is 1. The average molecular weight is 467 g/mol. The van der Waals surface area contributed by atoms with Crippen molar-refractivity contribution < 1.29 is 19.1 Å². The van der Waals surface area contributed by atoms with E-state index in [4.69, 9.17) is 4.74 Å². The zero-order chi connectivity index (χ0) is 25.9. The van der Waals surface area contributed by atoms with E-state index in [1.165, 1.54) is 0 Å². The molecule has 0 aliphatic rings. The van der Waals surface area contributed by atoms with Gasteiger partial charge >= 0.3 is 5.97 Å². The van der Waals surface area contributed by atoms with Crippen LogP contribution >= 0.6 is 0 Å². The lowest BCUT2D eigenvalue weighted by Gasteiger charge is -2.37. The minimum atomic E-state index is -0.630. The minimum Gasteiger partial charge on any atom is -0.463 e. The molecule has 0 saturated heterocycles. The lowest BCUT2D eigenvalue weighted by Crippen LogP contribution is -2.56. The van der Waals surface area contributed by atoms with Crippen LogP contribution in [0.3, 0.4) is 0 Å². The fourth-order valence-corrected chi connectivity index (χ4v) is 4.26. The number of hydrogen-bond donors (Lipinski definition) is 1. The monoisotopic (exact) mass is 466 g/mol. The summed E-state index contributed by atoms with van der Waals surface area (Å²) >= 11 is 0. The van der Waals surface area contributed by atoms with Gasteiger partial charge in [-0.3, -0.25) is 9.59 Å². The minimum absolute atomic E-state index is 0.0346. The van der Waals surface area contributed by atoms with Gasteiger partial charge in [0.2, 0.25) is 11.8 Å². The largest absolute Gasteiger partial charge is 0.463 e. The zero-order valence-corrected chi connectivity index (χ0v) is 23.1. The molecule has 6 heteroatoms. The molecule has 192 valence electrons. The van der Waals surface area contributed by atoms with Crippen molar-refractivity contribution in [1.29, 1.82) is 0 Å². The highest BCUT2D eigenvalue weighted by Gasteiger charge is 2.39. The van der Waals surface area contributed by atoms with Crippen molar-refractivity contribution in [1.82, 2.24) is 10.2 Å². The van der Waals surface area contributed by atoms with Gasteiger partial charge in [-0.05, 0) is 50.9 Å². The van der Waals surface area contributed by atoms with Crippen molar-refractivity contribution in [2.45, 2.75) is 107 Å². The first kappa shape index (κ1) is 31.1. The normalized spacial score (nSPS) is 15.2. The zero-order valence-electron chi connectivity index (χ0n) is 23.1. The molecule has 0 aromatic carbocycles. The van der Waals surface area contributed by atoms with Crippen molar-refractivity contribution in [3.05, 3.63) is 11.6 Å². The Bertz CT molecular complexity index is 665. The highest BCUT2D eigenvalue weighted by Crippen LogP contribution is 2.35. The number of rotatable bonds is 14. The van der Waals surface area contributed by atoms with Gasteiger partial charge in [0.1, 0.15) is 6.04 Å². The maximum Gasteiger partial charge on any atom is 0.333 e. The number of carbonyl (C=O) groups is 3. The molecule has 2 amide bonds. The molecule has 1 unspecified atom stereocenters. The highest BCUT2D eigenvalue weighted by molar-refractivity contribution is 5.91. The summed E-state index contributed by atoms with van der Waals surface area (Å²) in [5.74, 6) is -0.0991. The molecule has 33 heavy (non-hydrogen) atoms. The van der Waals surface area contributed by atoms with Gasteiger partial charge in [0.25, 0.3) is 0 Å². The maximum atomic E-state index is 13.6. The molecule has 0 saturated carbocycles. The van der Waals surface area contributed by atoms with Crippen LogP contribution in [0.4, 0.5) is 0 Å². The summed E-state index contributed by atoms with van der Waals surface area (Å²) in [7, 11) is 1.75. The Morgan fingerprint density at radius 3 is 1.91 bits per heavy atom. The van der Waals surface area contributed by atoms with Crippen LogP contribution in [0.1, 0.15) is 94.9 Å². The molecule has 0 fully saturated rings. The molecule has 0 spiro atoms. The Kier molecular flexibility index (Phi) is 13.6. The van der Waals surface area contributed by atoms with Crippen molar-refractivity contribution in [3.8, 4) is 0 Å². The third-order valence-corrected chi connectivity index (χ3v) is 6.99. The van der Waals surface area contributed by atoms with Crippen LogP contribution in [0.2, 0.25) is 0 Å². The van der Waals surface area contributed by atoms with Crippen molar-refractivity contribution in [3.63, 3.8) is 0 Å². The van der Waals surface area contributed by atoms with Crippen molar-refractivity contribution >= 4 is 17.8 Å². The van der Waals surface area contributed by atoms with Gasteiger partial charge in [-0.2, -0.15) is 0 Å². The summed E-state index contributed by atoms with van der Waals surface area (Å²) in [6.45, 7) is 20.1. The molecule has 0 bridgehead atoms. The fraction of sp³-hybridized carbons (Fsp3) is 0.815. The number of carbonyl (C=O) groups excluding carboxylic acids is 3. The van der Waals surface area contributed by atoms with E-state index in [1.54, 1.807) is 31.9 Å². The fourth-order valence-electron chi connectivity index (χ4n) is 4.26. The third kappa shape index (κ3) is 8.78. The summed E-state index contributed by atoms with van der Waals surface area (Å²) in [6, 6.07) is -0.920. The molecular weight excluding hydrogens is 416 g/mol. The van der Waals surface area contributed by atoms with Gasteiger partial charge in [0, 0.05) is 18.0 Å². The quantitative estimate of drug-likeness (QED) is 0.276. The topological polar surface area (TPSA) is 75.7 Å². The van der Waals surface area contributed by atoms with E-state index in [9.17, 15) is 14.4 Å². The number of nitrogens with zero attached hydrogens (tertiary/aromatic N) is 1. The number of likely N-dealkylation sites (N-methyl/N-ethyl adjacent to an activating group) is 1. The molecule has 0 aliphatic heterocycles. The predicted molar refractivity (Wildman–Crippen MR) is 136 cm³/mol. The Balaban J connectivity index is 5.88. The molecule has 0 heterocycles. The summed E-state index contributed by atoms with van der Waals surface area (Å²) in [4.78, 5) is 40.9. The Morgan fingerprint density at radius 2 is 1.52 bits per heavy atom. The van der Waals surface area contributed by atoms with E-state index in [0.29, 0.717) is 18.1 Å². The van der Waals surface area contributed by atoms with E-state index in [0.717, 1.165) is 25.7 Å². The van der Waals surface area contributed by atoms with E-state index in [2.05, 4.69) is 33.0 Å². The maximum absolute atomic E-state index is 13.6. The highest BCUT2D eigenvalue weighted by atomic mass is 16.5. The summed E-state index contributed by atoms with van der Waals surface area (Å²) < 4.78 is 5.10. The predicted octanol–water partition coefficient (Wildman–Crippen LogP) is 5.36.